The summed E-state index contributed by atoms with van der Waals surface area (Å²) in [5, 5.41) is 6.02. The Morgan fingerprint density at radius 1 is 1.32 bits per heavy atom. The lowest BCUT2D eigenvalue weighted by Gasteiger charge is -2.07. The Hall–Kier alpha value is -1.85. The molecule has 0 radical (unpaired) electrons. The lowest BCUT2D eigenvalue weighted by Crippen LogP contribution is -2.14. The zero-order valence-corrected chi connectivity index (χ0v) is 11.5. The van der Waals surface area contributed by atoms with Crippen molar-refractivity contribution in [3.05, 3.63) is 46.2 Å². The van der Waals surface area contributed by atoms with Gasteiger partial charge in [0.05, 0.1) is 5.02 Å². The molecular weight excluding hydrogens is 287 g/mol. The van der Waals surface area contributed by atoms with Crippen LogP contribution >= 0.6 is 23.2 Å². The van der Waals surface area contributed by atoms with E-state index in [1.807, 2.05) is 0 Å². The number of amides is 1. The van der Waals surface area contributed by atoms with Crippen molar-refractivity contribution < 1.29 is 4.79 Å². The van der Waals surface area contributed by atoms with E-state index in [0.29, 0.717) is 22.2 Å². The van der Waals surface area contributed by atoms with Crippen LogP contribution in [0.25, 0.3) is 0 Å². The van der Waals surface area contributed by atoms with Crippen LogP contribution in [0.15, 0.2) is 30.5 Å². The van der Waals surface area contributed by atoms with Crippen molar-refractivity contribution in [1.82, 2.24) is 9.97 Å². The molecule has 0 aliphatic heterocycles. The third-order valence-electron chi connectivity index (χ3n) is 2.30. The maximum absolute atomic E-state index is 12.1. The van der Waals surface area contributed by atoms with E-state index in [2.05, 4.69) is 20.6 Å². The van der Waals surface area contributed by atoms with Crippen molar-refractivity contribution in [3.63, 3.8) is 0 Å². The van der Waals surface area contributed by atoms with Crippen LogP contribution in [0.4, 0.5) is 11.6 Å². The molecule has 2 heterocycles. The van der Waals surface area contributed by atoms with Gasteiger partial charge in [-0.3, -0.25) is 4.79 Å². The first-order valence-electron chi connectivity index (χ1n) is 5.37. The molecule has 98 valence electrons. The van der Waals surface area contributed by atoms with E-state index in [0.717, 1.165) is 0 Å². The van der Waals surface area contributed by atoms with Crippen LogP contribution in [0.2, 0.25) is 10.2 Å². The molecule has 0 atom stereocenters. The number of hydrogen-bond acceptors (Lipinski definition) is 4. The van der Waals surface area contributed by atoms with Gasteiger partial charge in [0, 0.05) is 18.8 Å². The van der Waals surface area contributed by atoms with Gasteiger partial charge >= 0.3 is 0 Å². The minimum absolute atomic E-state index is 0.226. The Kier molecular flexibility index (Phi) is 4.19. The number of hydrogen-bond donors (Lipinski definition) is 2. The second-order valence-electron chi connectivity index (χ2n) is 3.60. The van der Waals surface area contributed by atoms with Crippen LogP contribution in [0.3, 0.4) is 0 Å². The molecule has 2 aromatic rings. The van der Waals surface area contributed by atoms with Crippen molar-refractivity contribution in [3.8, 4) is 0 Å². The van der Waals surface area contributed by atoms with Gasteiger partial charge in [-0.05, 0) is 24.3 Å². The number of pyridine rings is 2. The number of rotatable bonds is 3. The Labute approximate surface area is 120 Å². The van der Waals surface area contributed by atoms with Gasteiger partial charge in [0.15, 0.2) is 5.82 Å². The Morgan fingerprint density at radius 3 is 2.79 bits per heavy atom. The average molecular weight is 297 g/mol. The van der Waals surface area contributed by atoms with Crippen LogP contribution < -0.4 is 10.6 Å². The third kappa shape index (κ3) is 3.33. The smallest absolute Gasteiger partial charge is 0.257 e. The molecule has 2 N–H and O–H groups in total. The second kappa shape index (κ2) is 5.86. The predicted octanol–water partition coefficient (Wildman–Crippen LogP) is 3.08. The molecule has 0 aromatic carbocycles. The molecule has 2 aromatic heterocycles. The molecular formula is C12H10Cl2N4O. The van der Waals surface area contributed by atoms with Gasteiger partial charge in [0.2, 0.25) is 0 Å². The molecule has 0 saturated carbocycles. The first-order chi connectivity index (χ1) is 9.10. The number of carbonyl (C=O) groups excluding carboxylic acids is 1. The fraction of sp³-hybridized carbons (Fsp3) is 0.0833. The third-order valence-corrected chi connectivity index (χ3v) is 2.80. The van der Waals surface area contributed by atoms with Gasteiger partial charge in [-0.2, -0.15) is 0 Å². The Balaban J connectivity index is 2.25. The van der Waals surface area contributed by atoms with Gasteiger partial charge in [-0.15, -0.1) is 0 Å². The molecule has 0 aliphatic rings. The molecule has 1 amide bonds. The summed E-state index contributed by atoms with van der Waals surface area (Å²) in [4.78, 5) is 20.0. The number of anilines is 2. The van der Waals surface area contributed by atoms with Crippen LogP contribution in [-0.4, -0.2) is 22.9 Å². The van der Waals surface area contributed by atoms with E-state index >= 15 is 0 Å². The fourth-order valence-corrected chi connectivity index (χ4v) is 1.79. The van der Waals surface area contributed by atoms with Gasteiger partial charge in [0.25, 0.3) is 5.91 Å². The molecule has 0 aliphatic carbocycles. The van der Waals surface area contributed by atoms with Crippen LogP contribution in [-0.2, 0) is 0 Å². The van der Waals surface area contributed by atoms with E-state index in [1.54, 1.807) is 31.4 Å². The number of aromatic nitrogens is 2. The summed E-state index contributed by atoms with van der Waals surface area (Å²) in [6, 6.07) is 6.37. The topological polar surface area (TPSA) is 66.9 Å². The van der Waals surface area contributed by atoms with Crippen LogP contribution in [0.5, 0.6) is 0 Å². The first kappa shape index (κ1) is 13.6. The summed E-state index contributed by atoms with van der Waals surface area (Å²) >= 11 is 11.8. The maximum Gasteiger partial charge on any atom is 0.257 e. The lowest BCUT2D eigenvalue weighted by atomic mass is 10.2. The summed E-state index contributed by atoms with van der Waals surface area (Å²) in [7, 11) is 1.69. The number of carbonyl (C=O) groups is 1. The molecule has 0 bridgehead atoms. The van der Waals surface area contributed by atoms with Crippen molar-refractivity contribution in [1.29, 1.82) is 0 Å². The molecule has 0 unspecified atom stereocenters. The average Bonchev–Trinajstić information content (AvgIpc) is 2.40. The van der Waals surface area contributed by atoms with E-state index in [-0.39, 0.29) is 11.1 Å². The highest BCUT2D eigenvalue weighted by Gasteiger charge is 2.11. The zero-order valence-electron chi connectivity index (χ0n) is 9.95. The van der Waals surface area contributed by atoms with Gasteiger partial charge < -0.3 is 10.6 Å². The minimum atomic E-state index is -0.360. The summed E-state index contributed by atoms with van der Waals surface area (Å²) < 4.78 is 0. The lowest BCUT2D eigenvalue weighted by molar-refractivity contribution is 0.102. The normalized spacial score (nSPS) is 10.1. The number of nitrogens with zero attached hydrogens (tertiary/aromatic N) is 2. The highest BCUT2D eigenvalue weighted by atomic mass is 35.5. The summed E-state index contributed by atoms with van der Waals surface area (Å²) in [5.74, 6) is 0.444. The van der Waals surface area contributed by atoms with Crippen molar-refractivity contribution >= 4 is 40.7 Å². The highest BCUT2D eigenvalue weighted by Crippen LogP contribution is 2.20. The SMILES string of the molecule is CNc1cc(C(=O)Nc2ncccc2Cl)cc(Cl)n1. The van der Waals surface area contributed by atoms with Gasteiger partial charge in [-0.1, -0.05) is 23.2 Å². The Bertz CT molecular complexity index is 618. The molecule has 0 fully saturated rings. The van der Waals surface area contributed by atoms with Gasteiger partial charge in [-0.25, -0.2) is 9.97 Å². The first-order valence-corrected chi connectivity index (χ1v) is 6.13. The summed E-state index contributed by atoms with van der Waals surface area (Å²) in [6.45, 7) is 0. The molecule has 2 rings (SSSR count). The van der Waals surface area contributed by atoms with E-state index in [4.69, 9.17) is 23.2 Å². The fourth-order valence-electron chi connectivity index (χ4n) is 1.41. The second-order valence-corrected chi connectivity index (χ2v) is 4.40. The van der Waals surface area contributed by atoms with Crippen molar-refractivity contribution in [2.75, 3.05) is 17.7 Å². The molecule has 0 spiro atoms. The molecule has 5 nitrogen and oxygen atoms in total. The summed E-state index contributed by atoms with van der Waals surface area (Å²) in [5.41, 5.74) is 0.367. The Morgan fingerprint density at radius 2 is 2.11 bits per heavy atom. The standard InChI is InChI=1S/C12H10Cl2N4O/c1-15-10-6-7(5-9(14)17-10)12(19)18-11-8(13)3-2-4-16-11/h2-6H,1H3,(H,15,17)(H,16,18,19). The largest absolute Gasteiger partial charge is 0.373 e. The molecule has 19 heavy (non-hydrogen) atoms. The van der Waals surface area contributed by atoms with Crippen LogP contribution in [0.1, 0.15) is 10.4 Å². The van der Waals surface area contributed by atoms with Crippen LogP contribution in [0, 0.1) is 0 Å². The minimum Gasteiger partial charge on any atom is -0.373 e. The van der Waals surface area contributed by atoms with Crippen molar-refractivity contribution in [2.45, 2.75) is 0 Å². The van der Waals surface area contributed by atoms with E-state index in [9.17, 15) is 4.79 Å². The molecule has 7 heteroatoms. The highest BCUT2D eigenvalue weighted by molar-refractivity contribution is 6.33. The quantitative estimate of drug-likeness (QED) is 0.854. The molecule has 0 saturated heterocycles. The van der Waals surface area contributed by atoms with Crippen molar-refractivity contribution in [2.24, 2.45) is 0 Å². The predicted molar refractivity (Wildman–Crippen MR) is 76.0 cm³/mol. The monoisotopic (exact) mass is 296 g/mol. The number of nitrogens with one attached hydrogen (secondary N) is 2. The van der Waals surface area contributed by atoms with E-state index < -0.39 is 0 Å². The zero-order chi connectivity index (χ0) is 13.8. The van der Waals surface area contributed by atoms with Gasteiger partial charge in [0.1, 0.15) is 11.0 Å². The number of halogens is 2. The summed E-state index contributed by atoms with van der Waals surface area (Å²) in [6.07, 6.45) is 1.54. The van der Waals surface area contributed by atoms with E-state index in [1.165, 1.54) is 6.07 Å². The maximum atomic E-state index is 12.1.